The molecule has 1 aliphatic rings. The maximum atomic E-state index is 12.5. The van der Waals surface area contributed by atoms with Gasteiger partial charge < -0.3 is 25.2 Å². The number of carbonyl (C=O) groups is 1. The van der Waals surface area contributed by atoms with Crippen molar-refractivity contribution in [2.45, 2.75) is 65.4 Å². The zero-order valence-corrected chi connectivity index (χ0v) is 21.5. The van der Waals surface area contributed by atoms with Gasteiger partial charge in [-0.15, -0.1) is 0 Å². The summed E-state index contributed by atoms with van der Waals surface area (Å²) in [6.07, 6.45) is 7.33. The van der Waals surface area contributed by atoms with Crippen molar-refractivity contribution in [3.05, 3.63) is 46.8 Å². The molecule has 0 unspecified atom stereocenters. The second-order valence-corrected chi connectivity index (χ2v) is 9.87. The lowest BCUT2D eigenvalue weighted by Crippen LogP contribution is -2.35. The van der Waals surface area contributed by atoms with E-state index in [0.29, 0.717) is 24.0 Å². The molecule has 1 aliphatic heterocycles. The van der Waals surface area contributed by atoms with Crippen LogP contribution in [-0.2, 0) is 0 Å². The molecule has 2 heterocycles. The van der Waals surface area contributed by atoms with Gasteiger partial charge in [0.25, 0.3) is 5.91 Å². The van der Waals surface area contributed by atoms with E-state index >= 15 is 0 Å². The fraction of sp³-hybridized carbons (Fsp3) is 0.593. The Balaban J connectivity index is 1.40. The predicted octanol–water partition coefficient (Wildman–Crippen LogP) is 3.38. The maximum absolute atomic E-state index is 12.5. The lowest BCUT2D eigenvalue weighted by molar-refractivity contribution is 0.0801. The minimum atomic E-state index is -0.959. The van der Waals surface area contributed by atoms with Crippen LogP contribution in [-0.4, -0.2) is 65.0 Å². The van der Waals surface area contributed by atoms with Crippen molar-refractivity contribution in [2.24, 2.45) is 5.92 Å². The molecule has 1 aromatic carbocycles. The summed E-state index contributed by atoms with van der Waals surface area (Å²) in [5.74, 6) is 2.48. The van der Waals surface area contributed by atoms with Crippen LogP contribution < -0.4 is 15.0 Å². The van der Waals surface area contributed by atoms with E-state index in [0.717, 1.165) is 61.6 Å². The number of nitrogens with zero attached hydrogens (tertiary/aromatic N) is 3. The summed E-state index contributed by atoms with van der Waals surface area (Å²) in [6.45, 7) is 10.3. The molecule has 3 rings (SSSR count). The Morgan fingerprint density at radius 1 is 1.17 bits per heavy atom. The van der Waals surface area contributed by atoms with Crippen molar-refractivity contribution in [3.63, 3.8) is 0 Å². The Morgan fingerprint density at radius 2 is 1.80 bits per heavy atom. The average Bonchev–Trinajstić information content (AvgIpc) is 2.85. The number of amides is 1. The number of hydrogen-bond donors (Lipinski definition) is 3. The van der Waals surface area contributed by atoms with Crippen molar-refractivity contribution in [1.29, 1.82) is 0 Å². The summed E-state index contributed by atoms with van der Waals surface area (Å²) in [6, 6.07) is 3.76. The summed E-state index contributed by atoms with van der Waals surface area (Å²) < 4.78 is 5.99. The third-order valence-corrected chi connectivity index (χ3v) is 6.69. The summed E-state index contributed by atoms with van der Waals surface area (Å²) in [5.41, 5.74) is 3.40. The van der Waals surface area contributed by atoms with Crippen molar-refractivity contribution in [3.8, 4) is 5.75 Å². The number of piperidine rings is 1. The van der Waals surface area contributed by atoms with Crippen LogP contribution in [0, 0.1) is 19.8 Å². The first kappa shape index (κ1) is 26.9. The number of anilines is 1. The number of benzene rings is 1. The first-order chi connectivity index (χ1) is 16.8. The molecule has 8 heteroatoms. The predicted molar refractivity (Wildman–Crippen MR) is 137 cm³/mol. The number of hydrogen-bond acceptors (Lipinski definition) is 7. The van der Waals surface area contributed by atoms with Crippen LogP contribution >= 0.6 is 0 Å². The Bertz CT molecular complexity index is 933. The van der Waals surface area contributed by atoms with Gasteiger partial charge in [-0.1, -0.05) is 13.8 Å². The van der Waals surface area contributed by atoms with E-state index in [1.54, 1.807) is 0 Å². The van der Waals surface area contributed by atoms with Gasteiger partial charge in [-0.05, 0) is 80.2 Å². The molecule has 0 saturated carbocycles. The van der Waals surface area contributed by atoms with Gasteiger partial charge in [0, 0.05) is 37.6 Å². The maximum Gasteiger partial charge on any atom is 0.251 e. The highest BCUT2D eigenvalue weighted by molar-refractivity contribution is 5.97. The van der Waals surface area contributed by atoms with Gasteiger partial charge >= 0.3 is 0 Å². The highest BCUT2D eigenvalue weighted by atomic mass is 16.5. The van der Waals surface area contributed by atoms with Gasteiger partial charge in [-0.2, -0.15) is 0 Å². The largest absolute Gasteiger partial charge is 0.494 e. The zero-order chi connectivity index (χ0) is 25.4. The first-order valence-electron chi connectivity index (χ1n) is 12.7. The number of nitrogens with one attached hydrogen (secondary N) is 1. The molecule has 0 spiro atoms. The molecule has 2 aromatic rings. The highest BCUT2D eigenvalue weighted by Gasteiger charge is 2.21. The number of aromatic nitrogens is 2. The molecule has 0 aliphatic carbocycles. The van der Waals surface area contributed by atoms with Crippen LogP contribution in [0.1, 0.15) is 72.5 Å². The van der Waals surface area contributed by atoms with Gasteiger partial charge in [0.2, 0.25) is 5.95 Å². The van der Waals surface area contributed by atoms with Gasteiger partial charge in [-0.25, -0.2) is 9.97 Å². The molecule has 1 amide bonds. The number of aliphatic hydroxyl groups excluding tert-OH is 2. The van der Waals surface area contributed by atoms with Crippen LogP contribution in [0.5, 0.6) is 5.75 Å². The fourth-order valence-corrected chi connectivity index (χ4v) is 4.51. The quantitative estimate of drug-likeness (QED) is 0.420. The molecule has 35 heavy (non-hydrogen) atoms. The first-order valence-corrected chi connectivity index (χ1v) is 12.7. The smallest absolute Gasteiger partial charge is 0.251 e. The van der Waals surface area contributed by atoms with E-state index in [-0.39, 0.29) is 19.1 Å². The van der Waals surface area contributed by atoms with Gasteiger partial charge in [-0.3, -0.25) is 4.79 Å². The minimum Gasteiger partial charge on any atom is -0.494 e. The number of aliphatic hydroxyl groups is 2. The minimum absolute atomic E-state index is 0.0167. The van der Waals surface area contributed by atoms with Crippen LogP contribution in [0.15, 0.2) is 24.5 Å². The lowest BCUT2D eigenvalue weighted by Gasteiger charge is -2.32. The van der Waals surface area contributed by atoms with E-state index in [1.165, 1.54) is 5.56 Å². The number of carbonyl (C=O) groups excluding carboxylic acids is 1. The zero-order valence-electron chi connectivity index (χ0n) is 21.5. The number of aryl methyl sites for hydroxylation is 2. The average molecular weight is 485 g/mol. The van der Waals surface area contributed by atoms with Gasteiger partial charge in [0.15, 0.2) is 0 Å². The Morgan fingerprint density at radius 3 is 2.37 bits per heavy atom. The van der Waals surface area contributed by atoms with E-state index in [4.69, 9.17) is 9.84 Å². The standard InChI is InChI=1S/C27H40N4O4/c1-18(2)22-14-29-27(30-15-22)31-9-7-21(8-10-31)6-5-11-35-24-12-19(3)25(20(4)13-24)26(34)28-16-23(33)17-32/h12-15,18,21,23,32-33H,5-11,16-17H2,1-4H3,(H,28,34)/t23-/m0/s1. The van der Waals surface area contributed by atoms with E-state index in [2.05, 4.69) is 34.0 Å². The molecular formula is C27H40N4O4. The number of ether oxygens (including phenoxy) is 1. The summed E-state index contributed by atoms with van der Waals surface area (Å²) >= 11 is 0. The molecule has 0 radical (unpaired) electrons. The SMILES string of the molecule is Cc1cc(OCCCC2CCN(c3ncc(C(C)C)cn3)CC2)cc(C)c1C(=O)NC[C@H](O)CO. The monoisotopic (exact) mass is 484 g/mol. The Labute approximate surface area is 208 Å². The molecule has 192 valence electrons. The second kappa shape index (κ2) is 12.8. The Hall–Kier alpha value is -2.71. The fourth-order valence-electron chi connectivity index (χ4n) is 4.51. The highest BCUT2D eigenvalue weighted by Crippen LogP contribution is 2.26. The van der Waals surface area contributed by atoms with Crippen LogP contribution in [0.4, 0.5) is 5.95 Å². The molecule has 0 bridgehead atoms. The topological polar surface area (TPSA) is 108 Å². The van der Waals surface area contributed by atoms with E-state index in [9.17, 15) is 9.90 Å². The van der Waals surface area contributed by atoms with Crippen LogP contribution in [0.25, 0.3) is 0 Å². The number of rotatable bonds is 11. The second-order valence-electron chi connectivity index (χ2n) is 9.87. The third-order valence-electron chi connectivity index (χ3n) is 6.69. The molecule has 1 fully saturated rings. The van der Waals surface area contributed by atoms with Crippen molar-refractivity contribution >= 4 is 11.9 Å². The molecular weight excluding hydrogens is 444 g/mol. The van der Waals surface area contributed by atoms with Crippen LogP contribution in [0.2, 0.25) is 0 Å². The molecule has 3 N–H and O–H groups in total. The lowest BCUT2D eigenvalue weighted by atomic mass is 9.92. The van der Waals surface area contributed by atoms with Gasteiger partial charge in [0.1, 0.15) is 5.75 Å². The molecule has 1 aromatic heterocycles. The van der Waals surface area contributed by atoms with Gasteiger partial charge in [0.05, 0.1) is 19.3 Å². The van der Waals surface area contributed by atoms with Crippen molar-refractivity contribution in [2.75, 3.05) is 37.7 Å². The van der Waals surface area contributed by atoms with Crippen molar-refractivity contribution in [1.82, 2.24) is 15.3 Å². The van der Waals surface area contributed by atoms with E-state index < -0.39 is 6.10 Å². The van der Waals surface area contributed by atoms with Crippen molar-refractivity contribution < 1.29 is 19.7 Å². The molecule has 8 nitrogen and oxygen atoms in total. The molecule has 1 atom stereocenters. The Kier molecular flexibility index (Phi) is 9.86. The summed E-state index contributed by atoms with van der Waals surface area (Å²) in [7, 11) is 0. The van der Waals surface area contributed by atoms with Crippen LogP contribution in [0.3, 0.4) is 0 Å². The summed E-state index contributed by atoms with van der Waals surface area (Å²) in [4.78, 5) is 23.9. The summed E-state index contributed by atoms with van der Waals surface area (Å²) in [5, 5.41) is 21.0. The molecule has 1 saturated heterocycles. The third kappa shape index (κ3) is 7.64. The van der Waals surface area contributed by atoms with E-state index in [1.807, 2.05) is 38.4 Å². The normalized spacial score (nSPS) is 15.3.